The number of ether oxygens (including phenoxy) is 1. The Morgan fingerprint density at radius 3 is 2.88 bits per heavy atom. The quantitative estimate of drug-likeness (QED) is 0.281. The van der Waals surface area contributed by atoms with E-state index in [0.29, 0.717) is 16.8 Å². The molecule has 6 heteroatoms. The molecule has 0 aliphatic carbocycles. The fourth-order valence-electron chi connectivity index (χ4n) is 1.48. The summed E-state index contributed by atoms with van der Waals surface area (Å²) in [5, 5.41) is 12.5. The maximum Gasteiger partial charge on any atom is 0.173 e. The Bertz CT molecular complexity index is 599. The van der Waals surface area contributed by atoms with Gasteiger partial charge in [0.2, 0.25) is 0 Å². The van der Waals surface area contributed by atoms with Gasteiger partial charge in [-0.1, -0.05) is 16.8 Å². The van der Waals surface area contributed by atoms with Crippen LogP contribution in [0.4, 0.5) is 0 Å². The van der Waals surface area contributed by atoms with E-state index in [1.165, 1.54) is 0 Å². The molecular weight excluding hydrogens is 242 g/mol. The van der Waals surface area contributed by atoms with Gasteiger partial charge in [-0.2, -0.15) is 0 Å². The largest absolute Gasteiger partial charge is 0.497 e. The standard InChI is InChI=1S/C11H10ClN3O2/c1-17-7-3-2-6-4-8(11(13)15-16)10(12)14-9(6)5-7/h2-5,16H,1H3,(H2,13,15). The molecule has 1 heterocycles. The van der Waals surface area contributed by atoms with E-state index >= 15 is 0 Å². The van der Waals surface area contributed by atoms with Crippen LogP contribution in [-0.2, 0) is 0 Å². The van der Waals surface area contributed by atoms with Gasteiger partial charge >= 0.3 is 0 Å². The van der Waals surface area contributed by atoms with Crippen LogP contribution >= 0.6 is 11.6 Å². The van der Waals surface area contributed by atoms with Crippen molar-refractivity contribution in [2.45, 2.75) is 0 Å². The van der Waals surface area contributed by atoms with Crippen molar-refractivity contribution < 1.29 is 9.94 Å². The van der Waals surface area contributed by atoms with E-state index in [0.717, 1.165) is 5.39 Å². The van der Waals surface area contributed by atoms with Gasteiger partial charge in [0, 0.05) is 11.5 Å². The van der Waals surface area contributed by atoms with Gasteiger partial charge in [0.15, 0.2) is 5.84 Å². The van der Waals surface area contributed by atoms with Crippen molar-refractivity contribution in [3.05, 3.63) is 35.0 Å². The summed E-state index contributed by atoms with van der Waals surface area (Å²) in [6.45, 7) is 0. The molecule has 3 N–H and O–H groups in total. The number of rotatable bonds is 2. The summed E-state index contributed by atoms with van der Waals surface area (Å²) < 4.78 is 5.09. The van der Waals surface area contributed by atoms with Crippen LogP contribution in [0.15, 0.2) is 29.4 Å². The molecule has 0 atom stereocenters. The highest BCUT2D eigenvalue weighted by Gasteiger charge is 2.09. The van der Waals surface area contributed by atoms with Gasteiger partial charge in [-0.05, 0) is 18.2 Å². The van der Waals surface area contributed by atoms with Crippen molar-refractivity contribution in [1.29, 1.82) is 0 Å². The van der Waals surface area contributed by atoms with Crippen molar-refractivity contribution in [2.75, 3.05) is 7.11 Å². The second kappa shape index (κ2) is 4.47. The molecule has 0 spiro atoms. The minimum atomic E-state index is -0.0692. The molecule has 2 aromatic rings. The number of hydrogen-bond acceptors (Lipinski definition) is 4. The number of halogens is 1. The molecule has 0 fully saturated rings. The van der Waals surface area contributed by atoms with E-state index in [4.69, 9.17) is 27.3 Å². The Morgan fingerprint density at radius 2 is 2.24 bits per heavy atom. The summed E-state index contributed by atoms with van der Waals surface area (Å²) in [4.78, 5) is 4.17. The molecule has 0 bridgehead atoms. The van der Waals surface area contributed by atoms with Crippen molar-refractivity contribution in [3.8, 4) is 5.75 Å². The molecule has 88 valence electrons. The predicted molar refractivity (Wildman–Crippen MR) is 65.8 cm³/mol. The Labute approximate surface area is 102 Å². The van der Waals surface area contributed by atoms with E-state index in [-0.39, 0.29) is 11.0 Å². The van der Waals surface area contributed by atoms with Crippen LogP contribution in [0.2, 0.25) is 5.15 Å². The first kappa shape index (κ1) is 11.5. The van der Waals surface area contributed by atoms with Gasteiger partial charge in [0.25, 0.3) is 0 Å². The number of benzene rings is 1. The smallest absolute Gasteiger partial charge is 0.173 e. The average molecular weight is 252 g/mol. The molecule has 1 aromatic heterocycles. The number of amidine groups is 1. The van der Waals surface area contributed by atoms with Crippen molar-refractivity contribution in [1.82, 2.24) is 4.98 Å². The van der Waals surface area contributed by atoms with Crippen LogP contribution in [0.25, 0.3) is 10.9 Å². The lowest BCUT2D eigenvalue weighted by atomic mass is 10.1. The van der Waals surface area contributed by atoms with E-state index in [2.05, 4.69) is 10.1 Å². The van der Waals surface area contributed by atoms with Gasteiger partial charge < -0.3 is 15.7 Å². The average Bonchev–Trinajstić information content (AvgIpc) is 2.36. The number of nitrogens with two attached hydrogens (primary N) is 1. The van der Waals surface area contributed by atoms with Gasteiger partial charge in [0.05, 0.1) is 18.2 Å². The van der Waals surface area contributed by atoms with Crippen LogP contribution in [-0.4, -0.2) is 23.1 Å². The fourth-order valence-corrected chi connectivity index (χ4v) is 1.73. The molecule has 0 aliphatic heterocycles. The van der Waals surface area contributed by atoms with E-state index in [9.17, 15) is 0 Å². The summed E-state index contributed by atoms with van der Waals surface area (Å²) in [7, 11) is 1.58. The maximum absolute atomic E-state index is 8.62. The number of methoxy groups -OCH3 is 1. The van der Waals surface area contributed by atoms with Crippen molar-refractivity contribution in [3.63, 3.8) is 0 Å². The van der Waals surface area contributed by atoms with E-state index < -0.39 is 0 Å². The summed E-state index contributed by atoms with van der Waals surface area (Å²) in [5.41, 5.74) is 6.57. The molecule has 17 heavy (non-hydrogen) atoms. The second-order valence-corrected chi connectivity index (χ2v) is 3.73. The Kier molecular flexibility index (Phi) is 3.01. The molecule has 0 unspecified atom stereocenters. The first-order chi connectivity index (χ1) is 8.15. The van der Waals surface area contributed by atoms with Crippen molar-refractivity contribution >= 4 is 28.3 Å². The van der Waals surface area contributed by atoms with Crippen LogP contribution < -0.4 is 10.5 Å². The Morgan fingerprint density at radius 1 is 1.47 bits per heavy atom. The minimum absolute atomic E-state index is 0.0692. The normalized spacial score (nSPS) is 11.8. The fraction of sp³-hybridized carbons (Fsp3) is 0.0909. The molecule has 0 aliphatic rings. The summed E-state index contributed by atoms with van der Waals surface area (Å²) in [6, 6.07) is 7.09. The van der Waals surface area contributed by atoms with Crippen LogP contribution in [0, 0.1) is 0 Å². The van der Waals surface area contributed by atoms with Gasteiger partial charge in [-0.15, -0.1) is 0 Å². The number of fused-ring (bicyclic) bond motifs is 1. The SMILES string of the molecule is COc1ccc2cc(/C(N)=N/O)c(Cl)nc2c1. The number of oxime groups is 1. The lowest BCUT2D eigenvalue weighted by Gasteiger charge is -2.06. The lowest BCUT2D eigenvalue weighted by Crippen LogP contribution is -2.14. The highest BCUT2D eigenvalue weighted by atomic mass is 35.5. The molecule has 0 amide bonds. The van der Waals surface area contributed by atoms with Gasteiger partial charge in [-0.3, -0.25) is 0 Å². The van der Waals surface area contributed by atoms with E-state index in [1.807, 2.05) is 6.07 Å². The first-order valence-electron chi connectivity index (χ1n) is 4.78. The number of nitrogens with zero attached hydrogens (tertiary/aromatic N) is 2. The minimum Gasteiger partial charge on any atom is -0.497 e. The number of hydrogen-bond donors (Lipinski definition) is 2. The second-order valence-electron chi connectivity index (χ2n) is 3.37. The van der Waals surface area contributed by atoms with Crippen LogP contribution in [0.5, 0.6) is 5.75 Å². The lowest BCUT2D eigenvalue weighted by molar-refractivity contribution is 0.318. The molecule has 2 rings (SSSR count). The van der Waals surface area contributed by atoms with Crippen molar-refractivity contribution in [2.24, 2.45) is 10.9 Å². The van der Waals surface area contributed by atoms with Crippen LogP contribution in [0.1, 0.15) is 5.56 Å². The molecule has 1 aromatic carbocycles. The van der Waals surface area contributed by atoms with Crippen LogP contribution in [0.3, 0.4) is 0 Å². The topological polar surface area (TPSA) is 80.7 Å². The molecule has 0 radical (unpaired) electrons. The van der Waals surface area contributed by atoms with E-state index in [1.54, 1.807) is 25.3 Å². The number of pyridine rings is 1. The monoisotopic (exact) mass is 251 g/mol. The summed E-state index contributed by atoms with van der Waals surface area (Å²) in [5.74, 6) is 0.623. The highest BCUT2D eigenvalue weighted by Crippen LogP contribution is 2.23. The molecule has 5 nitrogen and oxygen atoms in total. The molecular formula is C11H10ClN3O2. The zero-order valence-corrected chi connectivity index (χ0v) is 9.77. The third-order valence-electron chi connectivity index (χ3n) is 2.36. The summed E-state index contributed by atoms with van der Waals surface area (Å²) in [6.07, 6.45) is 0. The third kappa shape index (κ3) is 2.09. The van der Waals surface area contributed by atoms with Gasteiger partial charge in [0.1, 0.15) is 10.9 Å². The maximum atomic E-state index is 8.62. The highest BCUT2D eigenvalue weighted by molar-refractivity contribution is 6.33. The predicted octanol–water partition coefficient (Wildman–Crippen LogP) is 1.99. The molecule has 0 saturated heterocycles. The first-order valence-corrected chi connectivity index (χ1v) is 5.15. The molecule has 0 saturated carbocycles. The number of aromatic nitrogens is 1. The summed E-state index contributed by atoms with van der Waals surface area (Å²) >= 11 is 5.95. The Balaban J connectivity index is 2.66. The third-order valence-corrected chi connectivity index (χ3v) is 2.65. The zero-order valence-electron chi connectivity index (χ0n) is 9.01. The van der Waals surface area contributed by atoms with Gasteiger partial charge in [-0.25, -0.2) is 4.98 Å². The Hall–Kier alpha value is -2.01. The zero-order chi connectivity index (χ0) is 12.4.